The average molecular weight is 808 g/mol. The number of nitrogens with zero attached hydrogens (tertiary/aromatic N) is 4. The SMILES string of the molecule is CCN1CCN(C(=O)N[C@H](C(=O)N[C@@H]2C(=O)N3C(C(=O)[O-])=C(C[N+]45CCC(CNC(=O)c6ccc(O)c(O)c6Cl)(CC4)CC5)CO[C@H]23)c2ccccc2)C(=O)C1=O. The number of carbonyl (C=O) groups is 7. The number of nitrogens with one attached hydrogen (secondary N) is 3. The summed E-state index contributed by atoms with van der Waals surface area (Å²) in [5, 5.41) is 40.0. The maximum atomic E-state index is 13.8. The molecule has 5 fully saturated rings. The van der Waals surface area contributed by atoms with Crippen LogP contribution >= 0.6 is 11.6 Å². The molecule has 0 radical (unpaired) electrons. The fourth-order valence-electron chi connectivity index (χ4n) is 8.48. The molecule has 0 saturated carbocycles. The normalized spacial score (nSPS) is 26.1. The van der Waals surface area contributed by atoms with Gasteiger partial charge in [-0.2, -0.15) is 0 Å². The summed E-state index contributed by atoms with van der Waals surface area (Å²) in [6, 6.07) is 6.96. The largest absolute Gasteiger partial charge is 0.543 e. The Balaban J connectivity index is 0.994. The fraction of sp³-hybridized carbons (Fsp3) is 0.447. The van der Waals surface area contributed by atoms with E-state index in [0.29, 0.717) is 48.3 Å². The highest BCUT2D eigenvalue weighted by molar-refractivity contribution is 6.38. The maximum absolute atomic E-state index is 13.8. The summed E-state index contributed by atoms with van der Waals surface area (Å²) in [6.45, 7) is 4.60. The van der Waals surface area contributed by atoms with Crippen molar-refractivity contribution in [2.45, 2.75) is 44.5 Å². The number of hydrogen-bond donors (Lipinski definition) is 5. The van der Waals surface area contributed by atoms with Gasteiger partial charge in [0.25, 0.3) is 11.8 Å². The van der Waals surface area contributed by atoms with Crippen LogP contribution in [-0.2, 0) is 28.7 Å². The number of phenols is 2. The first-order valence-electron chi connectivity index (χ1n) is 18.7. The minimum atomic E-state index is -1.56. The van der Waals surface area contributed by atoms with E-state index in [2.05, 4.69) is 16.0 Å². The summed E-state index contributed by atoms with van der Waals surface area (Å²) in [4.78, 5) is 94.3. The summed E-state index contributed by atoms with van der Waals surface area (Å²) in [5.41, 5.74) is 0.236. The Morgan fingerprint density at radius 1 is 1.00 bits per heavy atom. The Labute approximate surface area is 331 Å². The van der Waals surface area contributed by atoms with Gasteiger partial charge in [0.05, 0.1) is 48.5 Å². The highest BCUT2D eigenvalue weighted by atomic mass is 35.5. The second kappa shape index (κ2) is 15.3. The molecule has 3 atom stereocenters. The maximum Gasteiger partial charge on any atom is 0.325 e. The van der Waals surface area contributed by atoms with Gasteiger partial charge < -0.3 is 50.2 Å². The summed E-state index contributed by atoms with van der Waals surface area (Å²) >= 11 is 6.08. The number of halogens is 1. The summed E-state index contributed by atoms with van der Waals surface area (Å²) in [6.07, 6.45) is 1.03. The molecule has 57 heavy (non-hydrogen) atoms. The number of fused-ring (bicyclic) bond motifs is 4. The molecule has 6 heterocycles. The summed E-state index contributed by atoms with van der Waals surface area (Å²) in [7, 11) is 0. The molecule has 18 nitrogen and oxygen atoms in total. The number of carboxylic acid groups (broad SMARTS) is 1. The van der Waals surface area contributed by atoms with Crippen molar-refractivity contribution in [3.63, 3.8) is 0 Å². The van der Waals surface area contributed by atoms with Crippen molar-refractivity contribution in [3.8, 4) is 11.5 Å². The number of aliphatic carboxylic acids is 1. The monoisotopic (exact) mass is 807 g/mol. The van der Waals surface area contributed by atoms with Gasteiger partial charge in [-0.15, -0.1) is 0 Å². The Bertz CT molecular complexity index is 2050. The smallest absolute Gasteiger partial charge is 0.325 e. The molecule has 2 aromatic rings. The van der Waals surface area contributed by atoms with Crippen molar-refractivity contribution >= 4 is 53.1 Å². The molecule has 6 aliphatic heterocycles. The average Bonchev–Trinajstić information content (AvgIpc) is 3.21. The predicted octanol–water partition coefficient (Wildman–Crippen LogP) is -0.689. The van der Waals surface area contributed by atoms with Crippen LogP contribution in [0.25, 0.3) is 0 Å². The highest BCUT2D eigenvalue weighted by Gasteiger charge is 2.56. The van der Waals surface area contributed by atoms with Gasteiger partial charge in [-0.3, -0.25) is 33.8 Å². The van der Waals surface area contributed by atoms with E-state index in [-0.39, 0.29) is 47.9 Å². The summed E-state index contributed by atoms with van der Waals surface area (Å²) < 4.78 is 6.57. The second-order valence-electron chi connectivity index (χ2n) is 15.2. The molecule has 2 bridgehead atoms. The van der Waals surface area contributed by atoms with Gasteiger partial charge in [0.2, 0.25) is 5.91 Å². The first-order chi connectivity index (χ1) is 27.2. The zero-order valence-electron chi connectivity index (χ0n) is 31.0. The van der Waals surface area contributed by atoms with E-state index in [9.17, 15) is 48.9 Å². The van der Waals surface area contributed by atoms with Crippen LogP contribution in [0.15, 0.2) is 53.7 Å². The van der Waals surface area contributed by atoms with Crippen molar-refractivity contribution in [2.75, 3.05) is 59.0 Å². The molecular weight excluding hydrogens is 766 g/mol. The lowest BCUT2D eigenvalue weighted by molar-refractivity contribution is -0.941. The van der Waals surface area contributed by atoms with Gasteiger partial charge in [-0.25, -0.2) is 4.79 Å². The molecule has 0 unspecified atom stereocenters. The van der Waals surface area contributed by atoms with Crippen LogP contribution in [0, 0.1) is 5.41 Å². The first kappa shape index (κ1) is 39.5. The Morgan fingerprint density at radius 2 is 1.68 bits per heavy atom. The molecule has 302 valence electrons. The van der Waals surface area contributed by atoms with Crippen molar-refractivity contribution in [3.05, 3.63) is 69.9 Å². The highest BCUT2D eigenvalue weighted by Crippen LogP contribution is 2.45. The van der Waals surface area contributed by atoms with E-state index >= 15 is 0 Å². The van der Waals surface area contributed by atoms with Crippen LogP contribution in [0.2, 0.25) is 5.02 Å². The van der Waals surface area contributed by atoms with Crippen molar-refractivity contribution in [2.24, 2.45) is 5.41 Å². The van der Waals surface area contributed by atoms with E-state index in [4.69, 9.17) is 16.3 Å². The third kappa shape index (κ3) is 7.23. The number of piperazine rings is 1. The predicted molar refractivity (Wildman–Crippen MR) is 195 cm³/mol. The number of aromatic hydroxyl groups is 2. The lowest BCUT2D eigenvalue weighted by Gasteiger charge is -2.56. The quantitative estimate of drug-likeness (QED) is 0.0825. The lowest BCUT2D eigenvalue weighted by Crippen LogP contribution is -2.74. The van der Waals surface area contributed by atoms with Crippen molar-refractivity contribution in [1.29, 1.82) is 0 Å². The zero-order chi connectivity index (χ0) is 40.8. The minimum Gasteiger partial charge on any atom is -0.543 e. The van der Waals surface area contributed by atoms with Gasteiger partial charge in [0.1, 0.15) is 12.6 Å². The molecule has 0 aliphatic carbocycles. The number of imide groups is 1. The molecule has 5 saturated heterocycles. The van der Waals surface area contributed by atoms with Gasteiger partial charge in [0, 0.05) is 56.4 Å². The number of piperidine rings is 3. The molecule has 0 aromatic heterocycles. The third-order valence-corrected chi connectivity index (χ3v) is 12.4. The molecule has 7 amide bonds. The number of likely N-dealkylation sites (N-methyl/N-ethyl adjacent to an activating group) is 1. The number of urea groups is 1. The molecule has 6 aliphatic rings. The van der Waals surface area contributed by atoms with Crippen LogP contribution < -0.4 is 21.1 Å². The molecule has 2 aromatic carbocycles. The number of carbonyl (C=O) groups excluding carboxylic acids is 7. The van der Waals surface area contributed by atoms with Crippen LogP contribution in [0.5, 0.6) is 11.5 Å². The molecule has 5 N–H and O–H groups in total. The van der Waals surface area contributed by atoms with Gasteiger partial charge in [-0.1, -0.05) is 41.9 Å². The fourth-order valence-corrected chi connectivity index (χ4v) is 8.73. The Morgan fingerprint density at radius 3 is 2.33 bits per heavy atom. The van der Waals surface area contributed by atoms with Gasteiger partial charge in [0.15, 0.2) is 23.8 Å². The lowest BCUT2D eigenvalue weighted by atomic mass is 9.70. The van der Waals surface area contributed by atoms with E-state index in [1.54, 1.807) is 37.3 Å². The molecule has 19 heteroatoms. The first-order valence-corrected chi connectivity index (χ1v) is 19.0. The van der Waals surface area contributed by atoms with Crippen molar-refractivity contribution < 1.29 is 58.1 Å². The standard InChI is InChI=1S/C38H42ClN7O11/c1-2-43-13-14-44(34(53)33(43)52)37(56)42-26(21-6-4-3-5-7-21)31(50)41-27-32(51)45-28(36(54)55)22(19-57-35(27)45)18-46-15-10-38(11-16-46,12-17-46)20-40-30(49)23-8-9-24(47)29(48)25(23)39/h3-9,26-27,35H,2,10-20H2,1H3,(H5-,40,41,42,47,48,49,50,52,53,54,55,56)/t26-,27+,35+,38?,46?/m0/s1. The van der Waals surface area contributed by atoms with Gasteiger partial charge in [-0.05, 0) is 24.6 Å². The van der Waals surface area contributed by atoms with Crippen LogP contribution in [0.1, 0.15) is 48.1 Å². The number of amides is 7. The Hall–Kier alpha value is -5.72. The Kier molecular flexibility index (Phi) is 10.6. The van der Waals surface area contributed by atoms with E-state index in [1.807, 2.05) is 0 Å². The number of quaternary nitrogens is 1. The number of phenolic OH excluding ortho intramolecular Hbond substituents is 2. The number of benzene rings is 2. The number of carboxylic acids is 1. The van der Waals surface area contributed by atoms with E-state index in [0.717, 1.165) is 29.1 Å². The molecule has 0 spiro atoms. The van der Waals surface area contributed by atoms with Crippen LogP contribution in [0.4, 0.5) is 4.79 Å². The molecule has 8 rings (SSSR count). The van der Waals surface area contributed by atoms with Crippen molar-refractivity contribution in [1.82, 2.24) is 30.7 Å². The zero-order valence-corrected chi connectivity index (χ0v) is 31.8. The van der Waals surface area contributed by atoms with Crippen LogP contribution in [0.3, 0.4) is 0 Å². The number of rotatable bonds is 11. The topological polar surface area (TPSA) is 238 Å². The van der Waals surface area contributed by atoms with E-state index in [1.165, 1.54) is 17.0 Å². The number of ether oxygens (including phenoxy) is 1. The number of β-lactam (4-membered cyclic amide) rings is 1. The minimum absolute atomic E-state index is 0.0376. The second-order valence-corrected chi connectivity index (χ2v) is 15.5. The third-order valence-electron chi connectivity index (χ3n) is 12.0. The summed E-state index contributed by atoms with van der Waals surface area (Å²) in [5.74, 6) is -6.49. The number of hydrogen-bond acceptors (Lipinski definition) is 11. The van der Waals surface area contributed by atoms with Gasteiger partial charge >= 0.3 is 17.8 Å². The van der Waals surface area contributed by atoms with E-state index < -0.39 is 71.3 Å². The molecular formula is C38H42ClN7O11. The van der Waals surface area contributed by atoms with Crippen LogP contribution in [-0.4, -0.2) is 142 Å².